The summed E-state index contributed by atoms with van der Waals surface area (Å²) in [5.41, 5.74) is 0. The molecule has 0 heterocycles. The zero-order valence-corrected chi connectivity index (χ0v) is 29.6. The summed E-state index contributed by atoms with van der Waals surface area (Å²) in [6, 6.07) is 0. The second-order valence-corrected chi connectivity index (χ2v) is 14.3. The van der Waals surface area contributed by atoms with Crippen molar-refractivity contribution in [2.45, 2.75) is 206 Å². The highest BCUT2D eigenvalue weighted by Gasteiger charge is 2.37. The first-order valence-electron chi connectivity index (χ1n) is 19.9. The van der Waals surface area contributed by atoms with E-state index in [-0.39, 0.29) is 0 Å². The lowest BCUT2D eigenvalue weighted by atomic mass is 9.61. The summed E-state index contributed by atoms with van der Waals surface area (Å²) < 4.78 is 0. The monoisotopic (exact) mass is 615 g/mol. The highest BCUT2D eigenvalue weighted by atomic mass is 16.1. The molecule has 1 aliphatic rings. The predicted octanol–water partition coefficient (Wildman–Crippen LogP) is 12.9. The van der Waals surface area contributed by atoms with Crippen LogP contribution in [0.4, 0.5) is 0 Å². The van der Waals surface area contributed by atoms with Gasteiger partial charge in [0.25, 0.3) is 0 Å². The molecule has 0 bridgehead atoms. The maximum Gasteiger partial charge on any atom is 0.234 e. The minimum atomic E-state index is 0.659. The third kappa shape index (κ3) is 22.3. The van der Waals surface area contributed by atoms with Crippen molar-refractivity contribution in [3.05, 3.63) is 0 Å². The fourth-order valence-corrected chi connectivity index (χ4v) is 8.19. The van der Waals surface area contributed by atoms with Crippen molar-refractivity contribution in [2.24, 2.45) is 33.7 Å². The Labute approximate surface area is 274 Å². The Balaban J connectivity index is 2.57. The van der Waals surface area contributed by atoms with E-state index in [1.54, 1.807) is 12.2 Å². The molecule has 256 valence electrons. The van der Waals surface area contributed by atoms with Gasteiger partial charge < -0.3 is 0 Å². The lowest BCUT2D eigenvalue weighted by molar-refractivity contribution is 0.0581. The van der Waals surface area contributed by atoms with Gasteiger partial charge in [0.2, 0.25) is 12.2 Å². The molecule has 0 spiro atoms. The Morgan fingerprint density at radius 3 is 1.09 bits per heavy atom. The summed E-state index contributed by atoms with van der Waals surface area (Å²) in [5.74, 6) is 3.94. The summed E-state index contributed by atoms with van der Waals surface area (Å²) in [6.07, 6.45) is 44.6. The van der Waals surface area contributed by atoms with Crippen molar-refractivity contribution in [1.82, 2.24) is 0 Å². The van der Waals surface area contributed by atoms with Crippen LogP contribution < -0.4 is 0 Å². The van der Waals surface area contributed by atoms with Crippen LogP contribution in [0.3, 0.4) is 0 Å². The van der Waals surface area contributed by atoms with Gasteiger partial charge in [-0.25, -0.2) is 19.6 Å². The molecule has 0 aromatic heterocycles. The van der Waals surface area contributed by atoms with Crippen LogP contribution in [0.2, 0.25) is 0 Å². The summed E-state index contributed by atoms with van der Waals surface area (Å²) in [6.45, 7) is 6.01. The van der Waals surface area contributed by atoms with Gasteiger partial charge in [-0.1, -0.05) is 168 Å². The van der Waals surface area contributed by atoms with Crippen molar-refractivity contribution in [3.8, 4) is 0 Å². The highest BCUT2D eigenvalue weighted by Crippen LogP contribution is 2.47. The minimum Gasteiger partial charge on any atom is -0.211 e. The van der Waals surface area contributed by atoms with Crippen molar-refractivity contribution in [1.29, 1.82) is 0 Å². The minimum absolute atomic E-state index is 0.659. The van der Waals surface area contributed by atoms with Gasteiger partial charge in [-0.15, -0.1) is 0 Å². The second kappa shape index (κ2) is 31.7. The molecule has 0 aromatic rings. The quantitative estimate of drug-likeness (QED) is 0.0430. The lowest BCUT2D eigenvalue weighted by Gasteiger charge is -2.44. The number of isocyanates is 2. The Morgan fingerprint density at radius 1 is 0.409 bits per heavy atom. The topological polar surface area (TPSA) is 58.9 Å². The zero-order valence-electron chi connectivity index (χ0n) is 29.6. The van der Waals surface area contributed by atoms with Crippen molar-refractivity contribution in [2.75, 3.05) is 13.1 Å². The van der Waals surface area contributed by atoms with Crippen LogP contribution >= 0.6 is 0 Å². The average molecular weight is 615 g/mol. The van der Waals surface area contributed by atoms with E-state index in [0.29, 0.717) is 13.1 Å². The molecular formula is C40H74N2O2. The van der Waals surface area contributed by atoms with E-state index < -0.39 is 0 Å². The van der Waals surface area contributed by atoms with E-state index in [4.69, 9.17) is 0 Å². The van der Waals surface area contributed by atoms with Crippen LogP contribution in [-0.4, -0.2) is 25.2 Å². The van der Waals surface area contributed by atoms with Crippen LogP contribution in [0.1, 0.15) is 206 Å². The lowest BCUT2D eigenvalue weighted by Crippen LogP contribution is -2.35. The van der Waals surface area contributed by atoms with E-state index in [0.717, 1.165) is 36.5 Å². The van der Waals surface area contributed by atoms with Crippen LogP contribution in [-0.2, 0) is 9.59 Å². The molecule has 0 amide bonds. The molecule has 4 atom stereocenters. The van der Waals surface area contributed by atoms with Crippen LogP contribution in [0.15, 0.2) is 9.98 Å². The maximum atomic E-state index is 10.2. The molecular weight excluding hydrogens is 540 g/mol. The average Bonchev–Trinajstić information content (AvgIpc) is 3.03. The summed E-state index contributed by atoms with van der Waals surface area (Å²) >= 11 is 0. The fraction of sp³-hybridized carbons (Fsp3) is 0.950. The third-order valence-corrected chi connectivity index (χ3v) is 10.8. The normalized spacial score (nSPS) is 19.9. The number of unbranched alkanes of at least 4 members (excludes halogenated alkanes) is 20. The first-order valence-corrected chi connectivity index (χ1v) is 19.9. The molecule has 4 unspecified atom stereocenters. The first-order chi connectivity index (χ1) is 21.8. The van der Waals surface area contributed by atoms with Gasteiger partial charge in [-0.05, 0) is 62.2 Å². The fourth-order valence-electron chi connectivity index (χ4n) is 8.19. The molecule has 1 fully saturated rings. The van der Waals surface area contributed by atoms with E-state index in [1.165, 1.54) is 180 Å². The number of hydrogen-bond acceptors (Lipinski definition) is 4. The van der Waals surface area contributed by atoms with Gasteiger partial charge in [0.05, 0.1) is 13.1 Å². The standard InChI is InChI=1S/C40H74N2O2/c1-3-5-7-16-23-29-39-37(27-21-6-4-2)31-32-38(28-22-17-12-8-10-14-19-25-33-41-35-43)40(39)30-24-18-13-9-11-15-20-26-34-42-36-44/h37-40H,3-34H2,1-2H3. The number of rotatable bonds is 32. The number of aliphatic imine (C=N–C) groups is 2. The molecule has 0 aromatic carbocycles. The summed E-state index contributed by atoms with van der Waals surface area (Å²) in [5, 5.41) is 0. The zero-order chi connectivity index (χ0) is 31.8. The van der Waals surface area contributed by atoms with Crippen molar-refractivity contribution >= 4 is 12.2 Å². The Kier molecular flexibility index (Phi) is 29.4. The first kappa shape index (κ1) is 40.8. The largest absolute Gasteiger partial charge is 0.234 e. The molecule has 0 saturated heterocycles. The van der Waals surface area contributed by atoms with Crippen molar-refractivity contribution < 1.29 is 9.59 Å². The molecule has 4 nitrogen and oxygen atoms in total. The molecule has 1 saturated carbocycles. The molecule has 1 rings (SSSR count). The molecule has 1 aliphatic carbocycles. The Bertz CT molecular complexity index is 712. The maximum absolute atomic E-state index is 10.2. The Morgan fingerprint density at radius 2 is 0.705 bits per heavy atom. The summed E-state index contributed by atoms with van der Waals surface area (Å²) in [7, 11) is 0. The molecule has 0 N–H and O–H groups in total. The van der Waals surface area contributed by atoms with E-state index in [1.807, 2.05) is 0 Å². The van der Waals surface area contributed by atoms with Crippen molar-refractivity contribution in [3.63, 3.8) is 0 Å². The van der Waals surface area contributed by atoms with E-state index in [9.17, 15) is 9.59 Å². The molecule has 0 radical (unpaired) electrons. The predicted molar refractivity (Wildman–Crippen MR) is 190 cm³/mol. The van der Waals surface area contributed by atoms with Crippen LogP contribution in [0.25, 0.3) is 0 Å². The third-order valence-electron chi connectivity index (χ3n) is 10.8. The van der Waals surface area contributed by atoms with Crippen LogP contribution in [0.5, 0.6) is 0 Å². The SMILES string of the molecule is CCCCCCCC1C(CCCCC)CCC(CCCCCCCCCCN=C=O)C1CCCCCCCCCCN=C=O. The summed E-state index contributed by atoms with van der Waals surface area (Å²) in [4.78, 5) is 27.7. The molecule has 0 aliphatic heterocycles. The smallest absolute Gasteiger partial charge is 0.211 e. The number of carbonyl (C=O) groups excluding carboxylic acids is 2. The number of hydrogen-bond donors (Lipinski definition) is 0. The van der Waals surface area contributed by atoms with Gasteiger partial charge >= 0.3 is 0 Å². The van der Waals surface area contributed by atoms with Gasteiger partial charge in [0.1, 0.15) is 0 Å². The van der Waals surface area contributed by atoms with Gasteiger partial charge in [0, 0.05) is 0 Å². The van der Waals surface area contributed by atoms with Gasteiger partial charge in [-0.2, -0.15) is 0 Å². The van der Waals surface area contributed by atoms with E-state index >= 15 is 0 Å². The number of nitrogens with zero attached hydrogens (tertiary/aromatic N) is 2. The van der Waals surface area contributed by atoms with Crippen LogP contribution in [0, 0.1) is 23.7 Å². The molecule has 44 heavy (non-hydrogen) atoms. The van der Waals surface area contributed by atoms with Gasteiger partial charge in [-0.3, -0.25) is 0 Å². The molecule has 4 heteroatoms. The highest BCUT2D eigenvalue weighted by molar-refractivity contribution is 5.32. The Hall–Kier alpha value is -1.24. The van der Waals surface area contributed by atoms with E-state index in [2.05, 4.69) is 23.8 Å². The van der Waals surface area contributed by atoms with Gasteiger partial charge in [0.15, 0.2) is 0 Å². The second-order valence-electron chi connectivity index (χ2n) is 14.3.